The first-order chi connectivity index (χ1) is 6.52. The second-order valence-electron chi connectivity index (χ2n) is 2.81. The molecule has 0 aliphatic rings. The number of nitrogens with zero attached hydrogens (tertiary/aromatic N) is 1. The normalized spacial score (nSPS) is 12.1. The minimum Gasteiger partial charge on any atom is -0.508 e. The number of phenolic OH excluding ortho intramolecular Hbond substituents is 1. The number of benzene rings is 1. The van der Waals surface area contributed by atoms with E-state index in [1.165, 1.54) is 19.1 Å². The maximum absolute atomic E-state index is 10.4. The first-order valence-corrected chi connectivity index (χ1v) is 3.92. The molecule has 0 amide bonds. The summed E-state index contributed by atoms with van der Waals surface area (Å²) in [6.45, 7) is 1.32. The number of phenols is 1. The molecular weight excluding hydrogens is 184 g/mol. The Bertz CT molecular complexity index is 399. The molecule has 0 saturated carbocycles. The van der Waals surface area contributed by atoms with Gasteiger partial charge in [0.25, 0.3) is 5.70 Å². The standard InChI is InChI=1S/C9H10N2O3/c1-6(11(13)14)9(10)7-3-2-4-8(12)5-7/h2-5,12H,10H2,1H3/b9-6-. The Balaban J connectivity index is 3.18. The van der Waals surface area contributed by atoms with Crippen molar-refractivity contribution in [3.05, 3.63) is 45.6 Å². The molecule has 74 valence electrons. The molecule has 3 N–H and O–H groups in total. The van der Waals surface area contributed by atoms with Gasteiger partial charge in [-0.25, -0.2) is 0 Å². The monoisotopic (exact) mass is 194 g/mol. The number of hydrogen-bond acceptors (Lipinski definition) is 4. The molecule has 0 aromatic heterocycles. The van der Waals surface area contributed by atoms with Crippen LogP contribution in [0.4, 0.5) is 0 Å². The van der Waals surface area contributed by atoms with E-state index in [4.69, 9.17) is 10.8 Å². The summed E-state index contributed by atoms with van der Waals surface area (Å²) in [7, 11) is 0. The van der Waals surface area contributed by atoms with E-state index < -0.39 is 4.92 Å². The summed E-state index contributed by atoms with van der Waals surface area (Å²) in [5.41, 5.74) is 5.91. The van der Waals surface area contributed by atoms with Gasteiger partial charge in [0, 0.05) is 12.5 Å². The zero-order valence-corrected chi connectivity index (χ0v) is 7.60. The van der Waals surface area contributed by atoms with Gasteiger partial charge in [-0.2, -0.15) is 0 Å². The molecular formula is C9H10N2O3. The van der Waals surface area contributed by atoms with E-state index in [9.17, 15) is 10.1 Å². The number of aromatic hydroxyl groups is 1. The lowest BCUT2D eigenvalue weighted by Crippen LogP contribution is -2.05. The molecule has 0 aliphatic heterocycles. The Kier molecular flexibility index (Phi) is 2.71. The number of hydrogen-bond donors (Lipinski definition) is 2. The summed E-state index contributed by atoms with van der Waals surface area (Å²) in [4.78, 5) is 9.85. The molecule has 5 heteroatoms. The van der Waals surface area contributed by atoms with Crippen molar-refractivity contribution >= 4 is 5.70 Å². The van der Waals surface area contributed by atoms with E-state index >= 15 is 0 Å². The van der Waals surface area contributed by atoms with Crippen molar-refractivity contribution < 1.29 is 10.0 Å². The number of nitrogens with two attached hydrogens (primary N) is 1. The van der Waals surface area contributed by atoms with E-state index in [-0.39, 0.29) is 17.1 Å². The molecule has 0 fully saturated rings. The van der Waals surface area contributed by atoms with Crippen LogP contribution in [0.3, 0.4) is 0 Å². The first-order valence-electron chi connectivity index (χ1n) is 3.92. The van der Waals surface area contributed by atoms with Crippen LogP contribution in [-0.2, 0) is 0 Å². The second kappa shape index (κ2) is 3.78. The van der Waals surface area contributed by atoms with Gasteiger partial charge in [-0.3, -0.25) is 10.1 Å². The molecule has 1 rings (SSSR count). The van der Waals surface area contributed by atoms with Crippen LogP contribution in [0.1, 0.15) is 12.5 Å². The van der Waals surface area contributed by atoms with Gasteiger partial charge in [-0.1, -0.05) is 12.1 Å². The highest BCUT2D eigenvalue weighted by Gasteiger charge is 2.11. The quantitative estimate of drug-likeness (QED) is 0.548. The molecule has 0 bridgehead atoms. The summed E-state index contributed by atoms with van der Waals surface area (Å²) < 4.78 is 0. The topological polar surface area (TPSA) is 89.4 Å². The summed E-state index contributed by atoms with van der Waals surface area (Å²) >= 11 is 0. The average molecular weight is 194 g/mol. The fourth-order valence-corrected chi connectivity index (χ4v) is 0.981. The van der Waals surface area contributed by atoms with Crippen LogP contribution in [0.5, 0.6) is 5.75 Å². The Labute approximate surface area is 80.6 Å². The molecule has 1 aromatic carbocycles. The van der Waals surface area contributed by atoms with Crippen molar-refractivity contribution in [1.29, 1.82) is 0 Å². The number of rotatable bonds is 2. The van der Waals surface area contributed by atoms with E-state index in [1.54, 1.807) is 12.1 Å². The SMILES string of the molecule is C/C(=C(/N)c1cccc(O)c1)[N+](=O)[O-]. The third-order valence-electron chi connectivity index (χ3n) is 1.82. The highest BCUT2D eigenvalue weighted by Crippen LogP contribution is 2.18. The Hall–Kier alpha value is -2.04. The molecule has 0 saturated heterocycles. The highest BCUT2D eigenvalue weighted by atomic mass is 16.6. The average Bonchev–Trinajstić information content (AvgIpc) is 2.15. The van der Waals surface area contributed by atoms with Gasteiger partial charge in [0.15, 0.2) is 0 Å². The lowest BCUT2D eigenvalue weighted by Gasteiger charge is -2.01. The summed E-state index contributed by atoms with van der Waals surface area (Å²) in [5, 5.41) is 19.5. The molecule has 0 spiro atoms. The number of nitro groups is 1. The van der Waals surface area contributed by atoms with Crippen molar-refractivity contribution in [1.82, 2.24) is 0 Å². The molecule has 0 aliphatic carbocycles. The maximum Gasteiger partial charge on any atom is 0.266 e. The predicted molar refractivity (Wildman–Crippen MR) is 51.9 cm³/mol. The van der Waals surface area contributed by atoms with Crippen LogP contribution in [0.2, 0.25) is 0 Å². The Morgan fingerprint density at radius 3 is 2.71 bits per heavy atom. The van der Waals surface area contributed by atoms with Crippen LogP contribution in [0, 0.1) is 10.1 Å². The van der Waals surface area contributed by atoms with Gasteiger partial charge >= 0.3 is 0 Å². The predicted octanol–water partition coefficient (Wildman–Crippen LogP) is 1.32. The second-order valence-corrected chi connectivity index (χ2v) is 2.81. The van der Waals surface area contributed by atoms with E-state index in [0.717, 1.165) is 0 Å². The molecule has 0 atom stereocenters. The fraction of sp³-hybridized carbons (Fsp3) is 0.111. The lowest BCUT2D eigenvalue weighted by atomic mass is 10.1. The van der Waals surface area contributed by atoms with Crippen molar-refractivity contribution in [3.8, 4) is 5.75 Å². The Morgan fingerprint density at radius 1 is 1.57 bits per heavy atom. The molecule has 5 nitrogen and oxygen atoms in total. The largest absolute Gasteiger partial charge is 0.508 e. The van der Waals surface area contributed by atoms with Crippen LogP contribution in [0.25, 0.3) is 5.70 Å². The third kappa shape index (κ3) is 2.01. The zero-order chi connectivity index (χ0) is 10.7. The number of allylic oxidation sites excluding steroid dienone is 1. The maximum atomic E-state index is 10.4. The summed E-state index contributed by atoms with van der Waals surface area (Å²) in [5.74, 6) is 0.0293. The van der Waals surface area contributed by atoms with Gasteiger partial charge in [-0.15, -0.1) is 0 Å². The van der Waals surface area contributed by atoms with Crippen LogP contribution < -0.4 is 5.73 Å². The van der Waals surface area contributed by atoms with Crippen LogP contribution >= 0.6 is 0 Å². The smallest absolute Gasteiger partial charge is 0.266 e. The molecule has 0 heterocycles. The minimum atomic E-state index is -0.556. The Morgan fingerprint density at radius 2 is 2.21 bits per heavy atom. The minimum absolute atomic E-state index is 0.0293. The highest BCUT2D eigenvalue weighted by molar-refractivity contribution is 5.64. The van der Waals surface area contributed by atoms with Crippen LogP contribution in [-0.4, -0.2) is 10.0 Å². The molecule has 0 unspecified atom stereocenters. The van der Waals surface area contributed by atoms with E-state index in [1.807, 2.05) is 0 Å². The van der Waals surface area contributed by atoms with Gasteiger partial charge in [0.1, 0.15) is 11.4 Å². The van der Waals surface area contributed by atoms with Crippen molar-refractivity contribution in [2.24, 2.45) is 5.73 Å². The van der Waals surface area contributed by atoms with Gasteiger partial charge < -0.3 is 10.8 Å². The molecule has 14 heavy (non-hydrogen) atoms. The first kappa shape index (κ1) is 10.0. The van der Waals surface area contributed by atoms with Gasteiger partial charge in [0.05, 0.1) is 4.92 Å². The van der Waals surface area contributed by atoms with Crippen LogP contribution in [0.15, 0.2) is 30.0 Å². The van der Waals surface area contributed by atoms with E-state index in [2.05, 4.69) is 0 Å². The summed E-state index contributed by atoms with van der Waals surface area (Å²) in [6.07, 6.45) is 0. The molecule has 1 aromatic rings. The fourth-order valence-electron chi connectivity index (χ4n) is 0.981. The third-order valence-corrected chi connectivity index (χ3v) is 1.82. The van der Waals surface area contributed by atoms with Gasteiger partial charge in [0.2, 0.25) is 0 Å². The van der Waals surface area contributed by atoms with Gasteiger partial charge in [-0.05, 0) is 12.1 Å². The van der Waals surface area contributed by atoms with E-state index in [0.29, 0.717) is 5.56 Å². The van der Waals surface area contributed by atoms with Crippen molar-refractivity contribution in [2.75, 3.05) is 0 Å². The van der Waals surface area contributed by atoms with Crippen molar-refractivity contribution in [2.45, 2.75) is 6.92 Å². The molecule has 0 radical (unpaired) electrons. The lowest BCUT2D eigenvalue weighted by molar-refractivity contribution is -0.423. The summed E-state index contributed by atoms with van der Waals surface area (Å²) in [6, 6.07) is 6.02. The zero-order valence-electron chi connectivity index (χ0n) is 7.60. The van der Waals surface area contributed by atoms with Crippen molar-refractivity contribution in [3.63, 3.8) is 0 Å².